The van der Waals surface area contributed by atoms with E-state index in [0.29, 0.717) is 18.0 Å². The second-order valence-corrected chi connectivity index (χ2v) is 6.34. The summed E-state index contributed by atoms with van der Waals surface area (Å²) in [6, 6.07) is 0. The van der Waals surface area contributed by atoms with Gasteiger partial charge in [-0.3, -0.25) is 9.89 Å². The van der Waals surface area contributed by atoms with Crippen molar-refractivity contribution in [2.24, 2.45) is 27.5 Å². The molecule has 0 radical (unpaired) electrons. The van der Waals surface area contributed by atoms with E-state index < -0.39 is 37.3 Å². The van der Waals surface area contributed by atoms with Crippen LogP contribution in [0.5, 0.6) is 0 Å². The van der Waals surface area contributed by atoms with Gasteiger partial charge in [-0.2, -0.15) is 5.10 Å². The highest BCUT2D eigenvalue weighted by Gasteiger charge is 2.43. The van der Waals surface area contributed by atoms with Crippen LogP contribution in [0.3, 0.4) is 0 Å². The van der Waals surface area contributed by atoms with Gasteiger partial charge in [0.1, 0.15) is 24.4 Å². The van der Waals surface area contributed by atoms with Crippen LogP contribution in [0.4, 0.5) is 0 Å². The Morgan fingerprint density at radius 2 is 1.93 bits per heavy atom. The van der Waals surface area contributed by atoms with Gasteiger partial charge in [0, 0.05) is 38.2 Å². The Balaban J connectivity index is 2.82. The average molecular weight is 399 g/mol. The van der Waals surface area contributed by atoms with Gasteiger partial charge in [0.05, 0.1) is 18.9 Å². The molecule has 0 amide bonds. The Kier molecular flexibility index (Phi) is 9.83. The van der Waals surface area contributed by atoms with E-state index in [1.54, 1.807) is 11.9 Å². The Morgan fingerprint density at radius 3 is 2.46 bits per heavy atom. The quantitative estimate of drug-likeness (QED) is 0.0861. The number of hydrogen-bond donors (Lipinski definition) is 7. The van der Waals surface area contributed by atoms with Gasteiger partial charge in [0.2, 0.25) is 0 Å². The molecule has 0 aromatic carbocycles. The van der Waals surface area contributed by atoms with E-state index in [-0.39, 0.29) is 13.1 Å². The molecule has 1 aliphatic rings. The van der Waals surface area contributed by atoms with E-state index in [1.807, 2.05) is 0 Å². The summed E-state index contributed by atoms with van der Waals surface area (Å²) in [4.78, 5) is 5.77. The molecule has 12 heteroatoms. The van der Waals surface area contributed by atoms with Crippen molar-refractivity contribution in [2.75, 3.05) is 33.3 Å². The first kappa shape index (κ1) is 23.8. The van der Waals surface area contributed by atoms with E-state index in [0.717, 1.165) is 0 Å². The number of rotatable bonds is 9. The van der Waals surface area contributed by atoms with Gasteiger partial charge in [-0.05, 0) is 0 Å². The van der Waals surface area contributed by atoms with Crippen LogP contribution in [0.2, 0.25) is 0 Å². The molecule has 0 aromatic rings. The molecule has 1 unspecified atom stereocenters. The lowest BCUT2D eigenvalue weighted by molar-refractivity contribution is -0.226. The number of nitrogens with two attached hydrogens (primary N) is 3. The van der Waals surface area contributed by atoms with Crippen LogP contribution >= 0.6 is 0 Å². The smallest absolute Gasteiger partial charge is 0.177 e. The zero-order chi connectivity index (χ0) is 21.3. The van der Waals surface area contributed by atoms with Crippen molar-refractivity contribution in [2.45, 2.75) is 30.6 Å². The van der Waals surface area contributed by atoms with Crippen molar-refractivity contribution >= 4 is 11.9 Å². The monoisotopic (exact) mass is 399 g/mol. The average Bonchev–Trinajstić information content (AvgIpc) is 2.63. The van der Waals surface area contributed by atoms with Gasteiger partial charge in [0.25, 0.3) is 0 Å². The predicted octanol–water partition coefficient (Wildman–Crippen LogP) is -4.29. The molecule has 0 aromatic heterocycles. The number of ether oxygens (including phenoxy) is 1. The Morgan fingerprint density at radius 1 is 1.25 bits per heavy atom. The summed E-state index contributed by atoms with van der Waals surface area (Å²) in [5.74, 6) is 13.4. The third-order valence-electron chi connectivity index (χ3n) is 3.88. The molecule has 5 atom stereocenters. The second-order valence-electron chi connectivity index (χ2n) is 6.34. The van der Waals surface area contributed by atoms with Gasteiger partial charge in [-0.25, -0.2) is 5.84 Å². The van der Waals surface area contributed by atoms with Gasteiger partial charge >= 0.3 is 0 Å². The van der Waals surface area contributed by atoms with Crippen molar-refractivity contribution in [1.29, 1.82) is 0 Å². The summed E-state index contributed by atoms with van der Waals surface area (Å²) in [7, 11) is 1.62. The van der Waals surface area contributed by atoms with Crippen LogP contribution < -0.4 is 17.4 Å². The van der Waals surface area contributed by atoms with E-state index in [1.165, 1.54) is 17.4 Å². The SMILES string of the molecule is C#CCN(CC(C=N[C@H]1O[C@H](CO)[C@@H](O)[C@H](O)C1O)=NN)C/C(N)=C/N(C)N. The Bertz CT molecular complexity index is 617. The van der Waals surface area contributed by atoms with E-state index in [9.17, 15) is 20.4 Å². The molecule has 0 aliphatic carbocycles. The van der Waals surface area contributed by atoms with Crippen LogP contribution in [0.25, 0.3) is 0 Å². The third kappa shape index (κ3) is 7.06. The summed E-state index contributed by atoms with van der Waals surface area (Å²) < 4.78 is 5.29. The minimum absolute atomic E-state index is 0.185. The van der Waals surface area contributed by atoms with Crippen molar-refractivity contribution in [1.82, 2.24) is 9.91 Å². The molecule has 1 fully saturated rings. The molecule has 1 heterocycles. The van der Waals surface area contributed by atoms with Crippen LogP contribution in [0.15, 0.2) is 22.0 Å². The molecule has 1 rings (SSSR count). The standard InChI is InChI=1S/C16H29N7O5/c1-3-4-23(7-10(17)6-22(2)19)8-11(21-18)5-20-16-15(27)14(26)13(25)12(9-24)28-16/h1,5-6,12-16,24-27H,4,7-9,17-19H2,2H3/b10-6-,20-5?,21-11?/t12-,13-,14+,15?,16+/m1/s1. The first-order chi connectivity index (χ1) is 13.2. The molecular weight excluding hydrogens is 370 g/mol. The van der Waals surface area contributed by atoms with Crippen LogP contribution in [0, 0.1) is 12.3 Å². The van der Waals surface area contributed by atoms with Crippen LogP contribution in [-0.2, 0) is 4.74 Å². The zero-order valence-corrected chi connectivity index (χ0v) is 15.7. The fourth-order valence-electron chi connectivity index (χ4n) is 2.57. The lowest BCUT2D eigenvalue weighted by atomic mass is 9.99. The maximum Gasteiger partial charge on any atom is 0.177 e. The van der Waals surface area contributed by atoms with Gasteiger partial charge in [0.15, 0.2) is 6.23 Å². The summed E-state index contributed by atoms with van der Waals surface area (Å²) in [5, 5.41) is 43.7. The molecule has 12 nitrogen and oxygen atoms in total. The van der Waals surface area contributed by atoms with Gasteiger partial charge < -0.3 is 41.7 Å². The Hall–Kier alpha value is -2.24. The fourth-order valence-corrected chi connectivity index (χ4v) is 2.57. The molecule has 0 bridgehead atoms. The van der Waals surface area contributed by atoms with Crippen molar-refractivity contribution in [3.05, 3.63) is 11.9 Å². The molecule has 0 saturated carbocycles. The van der Waals surface area contributed by atoms with E-state index in [2.05, 4.69) is 16.0 Å². The number of aliphatic imine (C=N–C) groups is 1. The van der Waals surface area contributed by atoms with Crippen LogP contribution in [0.1, 0.15) is 0 Å². The largest absolute Gasteiger partial charge is 0.400 e. The minimum Gasteiger partial charge on any atom is -0.400 e. The van der Waals surface area contributed by atoms with Crippen molar-refractivity contribution < 1.29 is 25.2 Å². The van der Waals surface area contributed by atoms with Crippen LogP contribution in [-0.4, -0.2) is 106 Å². The number of hydrogen-bond acceptors (Lipinski definition) is 12. The molecular formula is C16H29N7O5. The number of aliphatic hydroxyl groups is 4. The normalized spacial score (nSPS) is 29.3. The molecule has 1 saturated heterocycles. The fraction of sp³-hybridized carbons (Fsp3) is 0.625. The zero-order valence-electron chi connectivity index (χ0n) is 15.7. The molecule has 10 N–H and O–H groups in total. The first-order valence-corrected chi connectivity index (χ1v) is 8.43. The van der Waals surface area contributed by atoms with Gasteiger partial charge in [-0.15, -0.1) is 6.42 Å². The lowest BCUT2D eigenvalue weighted by Gasteiger charge is -2.38. The highest BCUT2D eigenvalue weighted by atomic mass is 16.6. The molecule has 28 heavy (non-hydrogen) atoms. The summed E-state index contributed by atoms with van der Waals surface area (Å²) >= 11 is 0. The molecule has 1 aliphatic heterocycles. The van der Waals surface area contributed by atoms with E-state index in [4.69, 9.17) is 28.6 Å². The summed E-state index contributed by atoms with van der Waals surface area (Å²) in [6.07, 6.45) is 1.40. The third-order valence-corrected chi connectivity index (χ3v) is 3.88. The number of hydrazine groups is 1. The Labute approximate surface area is 163 Å². The number of nitrogens with zero attached hydrogens (tertiary/aromatic N) is 4. The maximum atomic E-state index is 10.00. The van der Waals surface area contributed by atoms with Gasteiger partial charge in [-0.1, -0.05) is 5.92 Å². The number of terminal acetylenes is 1. The lowest BCUT2D eigenvalue weighted by Crippen LogP contribution is -2.58. The molecule has 158 valence electrons. The molecule has 0 spiro atoms. The predicted molar refractivity (Wildman–Crippen MR) is 103 cm³/mol. The van der Waals surface area contributed by atoms with Crippen molar-refractivity contribution in [3.63, 3.8) is 0 Å². The van der Waals surface area contributed by atoms with Crippen molar-refractivity contribution in [3.8, 4) is 12.3 Å². The first-order valence-electron chi connectivity index (χ1n) is 8.43. The highest BCUT2D eigenvalue weighted by Crippen LogP contribution is 2.21. The maximum absolute atomic E-state index is 10.00. The summed E-state index contributed by atoms with van der Waals surface area (Å²) in [6.45, 7) is 0.171. The topological polar surface area (TPSA) is 199 Å². The number of hydrazone groups is 1. The second kappa shape index (κ2) is 11.6. The number of aliphatic hydroxyl groups excluding tert-OH is 4. The highest BCUT2D eigenvalue weighted by molar-refractivity contribution is 6.31. The summed E-state index contributed by atoms with van der Waals surface area (Å²) in [5.41, 5.74) is 6.64. The minimum atomic E-state index is -1.53. The van der Waals surface area contributed by atoms with E-state index >= 15 is 0 Å².